The molecule has 0 spiro atoms. The molecule has 0 radical (unpaired) electrons. The summed E-state index contributed by atoms with van der Waals surface area (Å²) in [5.74, 6) is 0.177. The van der Waals surface area contributed by atoms with Gasteiger partial charge in [-0.05, 0) is 51.2 Å². The van der Waals surface area contributed by atoms with Gasteiger partial charge in [-0.15, -0.1) is 11.3 Å². The van der Waals surface area contributed by atoms with Crippen molar-refractivity contribution >= 4 is 17.2 Å². The molecule has 1 fully saturated rings. The predicted molar refractivity (Wildman–Crippen MR) is 74.2 cm³/mol. The first-order chi connectivity index (χ1) is 8.63. The summed E-state index contributed by atoms with van der Waals surface area (Å²) in [6, 6.07) is 2.33. The van der Waals surface area contributed by atoms with Crippen LogP contribution in [0.1, 0.15) is 45.8 Å². The van der Waals surface area contributed by atoms with Gasteiger partial charge in [-0.1, -0.05) is 0 Å². The van der Waals surface area contributed by atoms with Crippen molar-refractivity contribution in [1.29, 1.82) is 0 Å². The Hall–Kier alpha value is -0.870. The molecule has 1 amide bonds. The zero-order valence-electron chi connectivity index (χ0n) is 11.1. The summed E-state index contributed by atoms with van der Waals surface area (Å²) in [6.07, 6.45) is 3.88. The number of rotatable bonds is 4. The molecule has 2 heterocycles. The van der Waals surface area contributed by atoms with Crippen molar-refractivity contribution in [2.75, 3.05) is 13.2 Å². The number of likely N-dealkylation sites (tertiary alicyclic amines) is 1. The van der Waals surface area contributed by atoms with Crippen LogP contribution in [0.5, 0.6) is 0 Å². The molecule has 1 aliphatic heterocycles. The van der Waals surface area contributed by atoms with E-state index in [0.29, 0.717) is 6.04 Å². The number of hydrogen-bond donors (Lipinski definition) is 1. The third-order valence-electron chi connectivity index (χ3n) is 3.71. The van der Waals surface area contributed by atoms with Crippen molar-refractivity contribution in [1.82, 2.24) is 4.90 Å². The second-order valence-corrected chi connectivity index (χ2v) is 6.27. The lowest BCUT2D eigenvalue weighted by Gasteiger charge is -2.24. The SMILES string of the molecule is Cc1cc(C(=O)N2CCCC2CCCO)sc1C. The second-order valence-electron chi connectivity index (χ2n) is 5.01. The lowest BCUT2D eigenvalue weighted by atomic mass is 10.1. The van der Waals surface area contributed by atoms with Crippen LogP contribution >= 0.6 is 11.3 Å². The van der Waals surface area contributed by atoms with Gasteiger partial charge in [0, 0.05) is 24.1 Å². The fourth-order valence-electron chi connectivity index (χ4n) is 2.55. The Morgan fingerprint density at radius 3 is 2.94 bits per heavy atom. The number of aliphatic hydroxyl groups excluding tert-OH is 1. The third kappa shape index (κ3) is 2.75. The minimum atomic E-state index is 0.177. The monoisotopic (exact) mass is 267 g/mol. The largest absolute Gasteiger partial charge is 0.396 e. The minimum Gasteiger partial charge on any atom is -0.396 e. The van der Waals surface area contributed by atoms with Gasteiger partial charge in [0.1, 0.15) is 0 Å². The topological polar surface area (TPSA) is 40.5 Å². The van der Waals surface area contributed by atoms with Crippen molar-refractivity contribution in [2.24, 2.45) is 0 Å². The molecule has 1 aromatic rings. The van der Waals surface area contributed by atoms with Crippen LogP contribution in [0.15, 0.2) is 6.07 Å². The summed E-state index contributed by atoms with van der Waals surface area (Å²) in [4.78, 5) is 16.5. The van der Waals surface area contributed by atoms with Crippen molar-refractivity contribution in [3.05, 3.63) is 21.4 Å². The van der Waals surface area contributed by atoms with E-state index >= 15 is 0 Å². The van der Waals surface area contributed by atoms with Gasteiger partial charge in [0.2, 0.25) is 0 Å². The smallest absolute Gasteiger partial charge is 0.264 e. The third-order valence-corrected chi connectivity index (χ3v) is 4.85. The highest BCUT2D eigenvalue weighted by Gasteiger charge is 2.29. The van der Waals surface area contributed by atoms with E-state index < -0.39 is 0 Å². The van der Waals surface area contributed by atoms with Gasteiger partial charge in [-0.3, -0.25) is 4.79 Å². The van der Waals surface area contributed by atoms with E-state index in [2.05, 4.69) is 13.8 Å². The van der Waals surface area contributed by atoms with E-state index in [9.17, 15) is 4.79 Å². The molecule has 0 aromatic carbocycles. The van der Waals surface area contributed by atoms with Gasteiger partial charge >= 0.3 is 0 Å². The maximum atomic E-state index is 12.5. The molecule has 2 rings (SSSR count). The summed E-state index contributed by atoms with van der Waals surface area (Å²) in [7, 11) is 0. The van der Waals surface area contributed by atoms with Gasteiger partial charge in [-0.2, -0.15) is 0 Å². The molecule has 4 heteroatoms. The van der Waals surface area contributed by atoms with Crippen LogP contribution in [0, 0.1) is 13.8 Å². The van der Waals surface area contributed by atoms with Crippen LogP contribution in [0.25, 0.3) is 0 Å². The summed E-state index contributed by atoms with van der Waals surface area (Å²) >= 11 is 1.59. The van der Waals surface area contributed by atoms with Crippen LogP contribution in [-0.4, -0.2) is 35.1 Å². The molecule has 1 N–H and O–H groups in total. The number of aryl methyl sites for hydroxylation is 2. The van der Waals surface area contributed by atoms with Crippen LogP contribution < -0.4 is 0 Å². The summed E-state index contributed by atoms with van der Waals surface area (Å²) in [5, 5.41) is 8.91. The number of aliphatic hydroxyl groups is 1. The molecular formula is C14H21NO2S. The lowest BCUT2D eigenvalue weighted by Crippen LogP contribution is -2.35. The number of nitrogens with zero attached hydrogens (tertiary/aromatic N) is 1. The van der Waals surface area contributed by atoms with E-state index in [-0.39, 0.29) is 12.5 Å². The number of carbonyl (C=O) groups is 1. The predicted octanol–water partition coefficient (Wildman–Crippen LogP) is 2.74. The van der Waals surface area contributed by atoms with E-state index in [0.717, 1.165) is 37.1 Å². The van der Waals surface area contributed by atoms with Gasteiger partial charge in [0.05, 0.1) is 4.88 Å². The molecule has 0 saturated carbocycles. The summed E-state index contributed by atoms with van der Waals surface area (Å²) in [6.45, 7) is 5.19. The van der Waals surface area contributed by atoms with Crippen molar-refractivity contribution in [3.63, 3.8) is 0 Å². The Kier molecular flexibility index (Phi) is 4.40. The summed E-state index contributed by atoms with van der Waals surface area (Å²) < 4.78 is 0. The Labute approximate surface area is 112 Å². The first kappa shape index (κ1) is 13.6. The zero-order valence-corrected chi connectivity index (χ0v) is 11.9. The molecule has 3 nitrogen and oxygen atoms in total. The fraction of sp³-hybridized carbons (Fsp3) is 0.643. The Morgan fingerprint density at radius 2 is 2.33 bits per heavy atom. The molecule has 0 bridgehead atoms. The second kappa shape index (κ2) is 5.85. The van der Waals surface area contributed by atoms with E-state index in [1.807, 2.05) is 11.0 Å². The molecule has 1 saturated heterocycles. The van der Waals surface area contributed by atoms with Crippen molar-refractivity contribution < 1.29 is 9.90 Å². The molecule has 1 aromatic heterocycles. The van der Waals surface area contributed by atoms with E-state index in [1.54, 1.807) is 11.3 Å². The minimum absolute atomic E-state index is 0.177. The Morgan fingerprint density at radius 1 is 1.56 bits per heavy atom. The van der Waals surface area contributed by atoms with Crippen LogP contribution in [0.3, 0.4) is 0 Å². The molecule has 100 valence electrons. The first-order valence-corrected chi connectivity index (χ1v) is 7.44. The molecule has 0 aliphatic carbocycles. The maximum absolute atomic E-state index is 12.5. The van der Waals surface area contributed by atoms with Gasteiger partial charge < -0.3 is 10.0 Å². The standard InChI is InChI=1S/C14H21NO2S/c1-10-9-13(18-11(10)2)14(17)15-7-3-5-12(15)6-4-8-16/h9,12,16H,3-8H2,1-2H3. The van der Waals surface area contributed by atoms with Gasteiger partial charge in [-0.25, -0.2) is 0 Å². The van der Waals surface area contributed by atoms with E-state index in [4.69, 9.17) is 5.11 Å². The molecule has 1 unspecified atom stereocenters. The van der Waals surface area contributed by atoms with Crippen molar-refractivity contribution in [2.45, 2.75) is 45.6 Å². The van der Waals surface area contributed by atoms with Gasteiger partial charge in [0.25, 0.3) is 5.91 Å². The van der Waals surface area contributed by atoms with Crippen LogP contribution in [0.2, 0.25) is 0 Å². The normalized spacial score (nSPS) is 19.5. The Bertz CT molecular complexity index is 408. The number of amides is 1. The highest BCUT2D eigenvalue weighted by molar-refractivity contribution is 7.14. The fourth-order valence-corrected chi connectivity index (χ4v) is 3.54. The number of carbonyl (C=O) groups excluding carboxylic acids is 1. The molecular weight excluding hydrogens is 246 g/mol. The highest BCUT2D eigenvalue weighted by Crippen LogP contribution is 2.27. The first-order valence-electron chi connectivity index (χ1n) is 6.62. The molecule has 18 heavy (non-hydrogen) atoms. The summed E-state index contributed by atoms with van der Waals surface area (Å²) in [5.41, 5.74) is 1.20. The zero-order chi connectivity index (χ0) is 13.1. The van der Waals surface area contributed by atoms with Crippen molar-refractivity contribution in [3.8, 4) is 0 Å². The lowest BCUT2D eigenvalue weighted by molar-refractivity contribution is 0.0729. The van der Waals surface area contributed by atoms with Crippen LogP contribution in [0.4, 0.5) is 0 Å². The Balaban J connectivity index is 2.07. The highest BCUT2D eigenvalue weighted by atomic mass is 32.1. The van der Waals surface area contributed by atoms with Gasteiger partial charge in [0.15, 0.2) is 0 Å². The van der Waals surface area contributed by atoms with E-state index in [1.165, 1.54) is 10.4 Å². The average molecular weight is 267 g/mol. The molecule has 1 aliphatic rings. The quantitative estimate of drug-likeness (QED) is 0.911. The van der Waals surface area contributed by atoms with Crippen LogP contribution in [-0.2, 0) is 0 Å². The maximum Gasteiger partial charge on any atom is 0.264 e. The molecule has 1 atom stereocenters. The number of hydrogen-bond acceptors (Lipinski definition) is 3. The average Bonchev–Trinajstić information content (AvgIpc) is 2.94. The number of thiophene rings is 1.